The van der Waals surface area contributed by atoms with Crippen LogP contribution in [0.5, 0.6) is 5.75 Å². The van der Waals surface area contributed by atoms with E-state index in [4.69, 9.17) is 16.3 Å². The first-order valence-corrected chi connectivity index (χ1v) is 8.76. The normalized spacial score (nSPS) is 16.3. The van der Waals surface area contributed by atoms with Crippen molar-refractivity contribution in [2.24, 2.45) is 5.92 Å². The monoisotopic (exact) mass is 345 g/mol. The fourth-order valence-corrected chi connectivity index (χ4v) is 3.08. The third-order valence-electron chi connectivity index (χ3n) is 4.39. The van der Waals surface area contributed by atoms with Crippen molar-refractivity contribution in [3.63, 3.8) is 0 Å². The molecule has 1 aliphatic heterocycles. The van der Waals surface area contributed by atoms with Crippen LogP contribution in [0.15, 0.2) is 24.3 Å². The van der Waals surface area contributed by atoms with E-state index < -0.39 is 0 Å². The van der Waals surface area contributed by atoms with E-state index in [-0.39, 0.29) is 12.4 Å². The number of nitrogens with zero attached hydrogens (tertiary/aromatic N) is 1. The molecule has 1 heterocycles. The van der Waals surface area contributed by atoms with Gasteiger partial charge in [0.05, 0.1) is 6.61 Å². The van der Waals surface area contributed by atoms with Crippen LogP contribution >= 0.6 is 24.0 Å². The number of rotatable bonds is 8. The fourth-order valence-electron chi connectivity index (χ4n) is 2.96. The molecule has 2 nitrogen and oxygen atoms in total. The van der Waals surface area contributed by atoms with E-state index in [9.17, 15) is 0 Å². The quantitative estimate of drug-likeness (QED) is 0.582. The van der Waals surface area contributed by atoms with Gasteiger partial charge in [0.15, 0.2) is 0 Å². The molecule has 0 unspecified atom stereocenters. The molecule has 0 bridgehead atoms. The summed E-state index contributed by atoms with van der Waals surface area (Å²) in [6.45, 7) is 6.93. The zero-order chi connectivity index (χ0) is 14.9. The lowest BCUT2D eigenvalue weighted by Crippen LogP contribution is -2.34. The Hall–Kier alpha value is -0.440. The average molecular weight is 346 g/mol. The fraction of sp³-hybridized carbons (Fsp3) is 0.667. The highest BCUT2D eigenvalue weighted by Crippen LogP contribution is 2.22. The second kappa shape index (κ2) is 11.2. The average Bonchev–Trinajstić information content (AvgIpc) is 2.51. The van der Waals surface area contributed by atoms with E-state index >= 15 is 0 Å². The Balaban J connectivity index is 0.00000242. The lowest BCUT2D eigenvalue weighted by Gasteiger charge is -2.31. The molecule has 1 fully saturated rings. The molecule has 1 aromatic rings. The van der Waals surface area contributed by atoms with E-state index in [1.54, 1.807) is 0 Å². The maximum atomic E-state index is 5.87. The smallest absolute Gasteiger partial charge is 0.119 e. The van der Waals surface area contributed by atoms with Crippen molar-refractivity contribution >= 4 is 24.0 Å². The standard InChI is InChI=1S/C18H28ClNO.ClH/c1-2-3-4-12-20-13-9-16(10-14-20)11-15-21-18-7-5-17(19)6-8-18;/h5-8,16H,2-4,9-15H2,1H3;1H. The van der Waals surface area contributed by atoms with Gasteiger partial charge in [-0.05, 0) is 75.5 Å². The molecule has 22 heavy (non-hydrogen) atoms. The van der Waals surface area contributed by atoms with Gasteiger partial charge in [0.25, 0.3) is 0 Å². The second-order valence-corrected chi connectivity index (χ2v) is 6.52. The second-order valence-electron chi connectivity index (χ2n) is 6.08. The molecule has 0 N–H and O–H groups in total. The molecular formula is C18H29Cl2NO. The molecule has 1 aliphatic rings. The van der Waals surface area contributed by atoms with Crippen molar-refractivity contribution in [2.75, 3.05) is 26.2 Å². The van der Waals surface area contributed by atoms with Crippen LogP contribution in [0, 0.1) is 5.92 Å². The summed E-state index contributed by atoms with van der Waals surface area (Å²) >= 11 is 5.87. The van der Waals surface area contributed by atoms with Crippen molar-refractivity contribution < 1.29 is 4.74 Å². The first-order chi connectivity index (χ1) is 10.3. The van der Waals surface area contributed by atoms with Gasteiger partial charge in [-0.15, -0.1) is 12.4 Å². The predicted octanol–water partition coefficient (Wildman–Crippen LogP) is 5.43. The van der Waals surface area contributed by atoms with Gasteiger partial charge < -0.3 is 9.64 Å². The Kier molecular flexibility index (Phi) is 9.94. The number of benzene rings is 1. The Labute approximate surface area is 146 Å². The number of likely N-dealkylation sites (tertiary alicyclic amines) is 1. The first-order valence-electron chi connectivity index (χ1n) is 8.38. The van der Waals surface area contributed by atoms with Gasteiger partial charge in [-0.2, -0.15) is 0 Å². The highest BCUT2D eigenvalue weighted by atomic mass is 35.5. The van der Waals surface area contributed by atoms with Crippen molar-refractivity contribution in [3.8, 4) is 5.75 Å². The van der Waals surface area contributed by atoms with Gasteiger partial charge in [-0.25, -0.2) is 0 Å². The van der Waals surface area contributed by atoms with Crippen molar-refractivity contribution in [3.05, 3.63) is 29.3 Å². The van der Waals surface area contributed by atoms with Crippen molar-refractivity contribution in [1.29, 1.82) is 0 Å². The highest BCUT2D eigenvalue weighted by molar-refractivity contribution is 6.30. The topological polar surface area (TPSA) is 12.5 Å². The Morgan fingerprint density at radius 3 is 2.45 bits per heavy atom. The zero-order valence-electron chi connectivity index (χ0n) is 13.6. The molecule has 0 aliphatic carbocycles. The van der Waals surface area contributed by atoms with Crippen LogP contribution < -0.4 is 4.74 Å². The summed E-state index contributed by atoms with van der Waals surface area (Å²) in [6, 6.07) is 7.65. The third-order valence-corrected chi connectivity index (χ3v) is 4.65. The molecule has 0 amide bonds. The van der Waals surface area contributed by atoms with Crippen LogP contribution in [-0.4, -0.2) is 31.1 Å². The van der Waals surface area contributed by atoms with Crippen LogP contribution in [-0.2, 0) is 0 Å². The number of ether oxygens (including phenoxy) is 1. The molecule has 0 saturated carbocycles. The van der Waals surface area contributed by atoms with E-state index in [1.165, 1.54) is 58.2 Å². The maximum Gasteiger partial charge on any atom is 0.119 e. The van der Waals surface area contributed by atoms with Crippen LogP contribution in [0.3, 0.4) is 0 Å². The zero-order valence-corrected chi connectivity index (χ0v) is 15.2. The number of piperidine rings is 1. The molecule has 126 valence electrons. The minimum Gasteiger partial charge on any atom is -0.494 e. The van der Waals surface area contributed by atoms with Gasteiger partial charge in [-0.1, -0.05) is 31.4 Å². The van der Waals surface area contributed by atoms with Crippen LogP contribution in [0.2, 0.25) is 5.02 Å². The summed E-state index contributed by atoms with van der Waals surface area (Å²) in [5, 5.41) is 0.762. The predicted molar refractivity (Wildman–Crippen MR) is 97.5 cm³/mol. The Morgan fingerprint density at radius 1 is 1.14 bits per heavy atom. The van der Waals surface area contributed by atoms with Gasteiger partial charge in [-0.3, -0.25) is 0 Å². The Bertz CT molecular complexity index is 389. The molecule has 0 spiro atoms. The lowest BCUT2D eigenvalue weighted by molar-refractivity contribution is 0.161. The lowest BCUT2D eigenvalue weighted by atomic mass is 9.94. The number of unbranched alkanes of at least 4 members (excludes halogenated alkanes) is 2. The molecule has 1 aromatic carbocycles. The minimum absolute atomic E-state index is 0. The summed E-state index contributed by atoms with van der Waals surface area (Å²) in [6.07, 6.45) is 7.88. The summed E-state index contributed by atoms with van der Waals surface area (Å²) in [5.74, 6) is 1.76. The van der Waals surface area contributed by atoms with Crippen molar-refractivity contribution in [1.82, 2.24) is 4.90 Å². The highest BCUT2D eigenvalue weighted by Gasteiger charge is 2.18. The summed E-state index contributed by atoms with van der Waals surface area (Å²) in [5.41, 5.74) is 0. The van der Waals surface area contributed by atoms with E-state index in [0.717, 1.165) is 23.3 Å². The van der Waals surface area contributed by atoms with E-state index in [0.29, 0.717) is 0 Å². The van der Waals surface area contributed by atoms with Gasteiger partial charge in [0, 0.05) is 5.02 Å². The minimum atomic E-state index is 0. The SMILES string of the molecule is CCCCCN1CCC(CCOc2ccc(Cl)cc2)CC1.Cl. The van der Waals surface area contributed by atoms with Gasteiger partial charge >= 0.3 is 0 Å². The third kappa shape index (κ3) is 7.21. The maximum absolute atomic E-state index is 5.87. The number of hydrogen-bond donors (Lipinski definition) is 0. The molecule has 4 heteroatoms. The Morgan fingerprint density at radius 2 is 1.82 bits per heavy atom. The van der Waals surface area contributed by atoms with E-state index in [1.807, 2.05) is 24.3 Å². The first kappa shape index (κ1) is 19.6. The van der Waals surface area contributed by atoms with Crippen LogP contribution in [0.1, 0.15) is 45.4 Å². The number of hydrogen-bond acceptors (Lipinski definition) is 2. The van der Waals surface area contributed by atoms with Crippen LogP contribution in [0.4, 0.5) is 0 Å². The largest absolute Gasteiger partial charge is 0.494 e. The summed E-state index contributed by atoms with van der Waals surface area (Å²) < 4.78 is 5.80. The van der Waals surface area contributed by atoms with Crippen LogP contribution in [0.25, 0.3) is 0 Å². The van der Waals surface area contributed by atoms with Gasteiger partial charge in [0.1, 0.15) is 5.75 Å². The molecule has 0 atom stereocenters. The summed E-state index contributed by atoms with van der Waals surface area (Å²) in [7, 11) is 0. The molecule has 0 aromatic heterocycles. The van der Waals surface area contributed by atoms with E-state index in [2.05, 4.69) is 11.8 Å². The molecule has 2 rings (SSSR count). The van der Waals surface area contributed by atoms with Crippen molar-refractivity contribution in [2.45, 2.75) is 45.4 Å². The number of halogens is 2. The summed E-state index contributed by atoms with van der Waals surface area (Å²) in [4.78, 5) is 2.63. The molecular weight excluding hydrogens is 317 g/mol. The van der Waals surface area contributed by atoms with Gasteiger partial charge in [0.2, 0.25) is 0 Å². The molecule has 1 saturated heterocycles. The molecule has 0 radical (unpaired) electrons.